The van der Waals surface area contributed by atoms with E-state index in [0.29, 0.717) is 0 Å². The maximum absolute atomic E-state index is 10.9. The second-order valence-corrected chi connectivity index (χ2v) is 5.21. The summed E-state index contributed by atoms with van der Waals surface area (Å²) in [4.78, 5) is 10.9. The maximum Gasteiger partial charge on any atom is 0.307 e. The molecule has 0 aromatic heterocycles. The number of aliphatic carboxylic acids is 1. The van der Waals surface area contributed by atoms with Gasteiger partial charge in [0.2, 0.25) is 0 Å². The Balaban J connectivity index is 2.71. The van der Waals surface area contributed by atoms with Crippen molar-refractivity contribution in [2.75, 3.05) is 0 Å². The quantitative estimate of drug-likeness (QED) is 0.723. The van der Waals surface area contributed by atoms with Crippen molar-refractivity contribution in [1.82, 2.24) is 0 Å². The average Bonchev–Trinajstić information content (AvgIpc) is 2.63. The Labute approximate surface area is 91.7 Å². The maximum atomic E-state index is 10.9. The van der Waals surface area contributed by atoms with Gasteiger partial charge in [0.15, 0.2) is 0 Å². The van der Waals surface area contributed by atoms with E-state index in [1.54, 1.807) is 0 Å². The van der Waals surface area contributed by atoms with Crippen molar-refractivity contribution in [3.63, 3.8) is 0 Å². The summed E-state index contributed by atoms with van der Waals surface area (Å²) < 4.78 is 0. The first-order valence-corrected chi connectivity index (χ1v) is 5.33. The fourth-order valence-corrected chi connectivity index (χ4v) is 1.92. The van der Waals surface area contributed by atoms with Crippen LogP contribution in [-0.2, 0) is 4.79 Å². The van der Waals surface area contributed by atoms with Crippen LogP contribution in [0.1, 0.15) is 34.6 Å². The Morgan fingerprint density at radius 2 is 1.80 bits per heavy atom. The first kappa shape index (κ1) is 12.0. The summed E-state index contributed by atoms with van der Waals surface area (Å²) in [5, 5.41) is 8.99. The van der Waals surface area contributed by atoms with Gasteiger partial charge < -0.3 is 5.11 Å². The smallest absolute Gasteiger partial charge is 0.307 e. The summed E-state index contributed by atoms with van der Waals surface area (Å²) >= 11 is 0. The lowest BCUT2D eigenvalue weighted by Crippen LogP contribution is -2.02. The largest absolute Gasteiger partial charge is 0.481 e. The molecule has 1 aliphatic rings. The van der Waals surface area contributed by atoms with Crippen molar-refractivity contribution in [3.8, 4) is 0 Å². The highest BCUT2D eigenvalue weighted by Gasteiger charge is 2.60. The molecule has 0 aromatic rings. The third-order valence-electron chi connectivity index (χ3n) is 3.52. The van der Waals surface area contributed by atoms with E-state index in [-0.39, 0.29) is 17.3 Å². The van der Waals surface area contributed by atoms with Crippen LogP contribution in [0.3, 0.4) is 0 Å². The van der Waals surface area contributed by atoms with E-state index < -0.39 is 5.97 Å². The molecule has 1 saturated carbocycles. The minimum absolute atomic E-state index is 0.0791. The molecule has 1 rings (SSSR count). The van der Waals surface area contributed by atoms with Crippen LogP contribution < -0.4 is 0 Å². The van der Waals surface area contributed by atoms with Gasteiger partial charge in [-0.05, 0) is 32.1 Å². The predicted octanol–water partition coefficient (Wildman–Crippen LogP) is 3.26. The summed E-state index contributed by atoms with van der Waals surface area (Å²) in [7, 11) is 0. The SMILES string of the molecule is CC(C)=C(C)C=CC1C(C(=O)O)C1(C)C. The van der Waals surface area contributed by atoms with Gasteiger partial charge in [0.05, 0.1) is 5.92 Å². The van der Waals surface area contributed by atoms with Crippen molar-refractivity contribution in [1.29, 1.82) is 0 Å². The van der Waals surface area contributed by atoms with Crippen molar-refractivity contribution in [2.45, 2.75) is 34.6 Å². The van der Waals surface area contributed by atoms with Gasteiger partial charge in [-0.3, -0.25) is 4.79 Å². The van der Waals surface area contributed by atoms with Gasteiger partial charge in [-0.25, -0.2) is 0 Å². The predicted molar refractivity (Wildman–Crippen MR) is 61.6 cm³/mol. The Morgan fingerprint density at radius 1 is 1.27 bits per heavy atom. The molecule has 2 heteroatoms. The first-order chi connectivity index (χ1) is 6.78. The zero-order valence-electron chi connectivity index (χ0n) is 10.2. The molecule has 0 heterocycles. The van der Waals surface area contributed by atoms with Crippen molar-refractivity contribution >= 4 is 5.97 Å². The Bertz CT molecular complexity index is 330. The van der Waals surface area contributed by atoms with E-state index in [1.165, 1.54) is 11.1 Å². The van der Waals surface area contributed by atoms with E-state index in [9.17, 15) is 4.79 Å². The van der Waals surface area contributed by atoms with E-state index in [2.05, 4.69) is 20.8 Å². The lowest BCUT2D eigenvalue weighted by Gasteiger charge is -1.97. The van der Waals surface area contributed by atoms with Crippen molar-refractivity contribution in [2.24, 2.45) is 17.3 Å². The van der Waals surface area contributed by atoms with E-state index in [4.69, 9.17) is 5.11 Å². The number of hydrogen-bond donors (Lipinski definition) is 1. The Morgan fingerprint density at radius 3 is 2.13 bits per heavy atom. The van der Waals surface area contributed by atoms with Crippen LogP contribution in [0.2, 0.25) is 0 Å². The number of carboxylic acids is 1. The third-order valence-corrected chi connectivity index (χ3v) is 3.52. The molecular weight excluding hydrogens is 188 g/mol. The summed E-state index contributed by atoms with van der Waals surface area (Å²) in [6.45, 7) is 10.2. The van der Waals surface area contributed by atoms with Crippen molar-refractivity contribution in [3.05, 3.63) is 23.3 Å². The fourth-order valence-electron chi connectivity index (χ4n) is 1.92. The molecule has 1 fully saturated rings. The van der Waals surface area contributed by atoms with Crippen LogP contribution in [-0.4, -0.2) is 11.1 Å². The number of carbonyl (C=O) groups is 1. The number of rotatable bonds is 3. The molecule has 2 unspecified atom stereocenters. The topological polar surface area (TPSA) is 37.3 Å². The van der Waals surface area contributed by atoms with Gasteiger partial charge in [-0.15, -0.1) is 0 Å². The lowest BCUT2D eigenvalue weighted by atomic mass is 10.1. The minimum Gasteiger partial charge on any atom is -0.481 e. The highest BCUT2D eigenvalue weighted by atomic mass is 16.4. The monoisotopic (exact) mass is 208 g/mol. The molecule has 0 amide bonds. The van der Waals surface area contributed by atoms with Gasteiger partial charge in [0.25, 0.3) is 0 Å². The minimum atomic E-state index is -0.676. The summed E-state index contributed by atoms with van der Waals surface area (Å²) in [6.07, 6.45) is 4.09. The molecular formula is C13H20O2. The molecule has 2 nitrogen and oxygen atoms in total. The molecule has 15 heavy (non-hydrogen) atoms. The fraction of sp³-hybridized carbons (Fsp3) is 0.615. The standard InChI is InChI=1S/C13H20O2/c1-8(2)9(3)6-7-10-11(12(14)15)13(10,4)5/h6-7,10-11H,1-5H3,(H,14,15). The first-order valence-electron chi connectivity index (χ1n) is 5.33. The normalized spacial score (nSPS) is 27.8. The van der Waals surface area contributed by atoms with Gasteiger partial charge in [-0.1, -0.05) is 37.1 Å². The lowest BCUT2D eigenvalue weighted by molar-refractivity contribution is -0.139. The van der Waals surface area contributed by atoms with Crippen LogP contribution in [0.15, 0.2) is 23.3 Å². The third kappa shape index (κ3) is 2.31. The molecule has 0 spiro atoms. The molecule has 84 valence electrons. The van der Waals surface area contributed by atoms with E-state index in [0.717, 1.165) is 0 Å². The van der Waals surface area contributed by atoms with Crippen LogP contribution in [0.5, 0.6) is 0 Å². The molecule has 0 aliphatic heterocycles. The van der Waals surface area contributed by atoms with E-state index >= 15 is 0 Å². The zero-order chi connectivity index (χ0) is 11.8. The number of carboxylic acid groups (broad SMARTS) is 1. The van der Waals surface area contributed by atoms with Gasteiger partial charge in [0, 0.05) is 0 Å². The van der Waals surface area contributed by atoms with Gasteiger partial charge >= 0.3 is 5.97 Å². The second-order valence-electron chi connectivity index (χ2n) is 5.21. The molecule has 0 bridgehead atoms. The Kier molecular flexibility index (Phi) is 3.08. The van der Waals surface area contributed by atoms with Crippen LogP contribution in [0.4, 0.5) is 0 Å². The van der Waals surface area contributed by atoms with Gasteiger partial charge in [0.1, 0.15) is 0 Å². The van der Waals surface area contributed by atoms with Crippen LogP contribution >= 0.6 is 0 Å². The van der Waals surface area contributed by atoms with Crippen LogP contribution in [0.25, 0.3) is 0 Å². The molecule has 0 saturated heterocycles. The number of allylic oxidation sites excluding steroid dienone is 4. The molecule has 1 aliphatic carbocycles. The molecule has 1 N–H and O–H groups in total. The van der Waals surface area contributed by atoms with Crippen molar-refractivity contribution < 1.29 is 9.90 Å². The highest BCUT2D eigenvalue weighted by Crippen LogP contribution is 2.59. The summed E-state index contributed by atoms with van der Waals surface area (Å²) in [5.41, 5.74) is 2.42. The zero-order valence-corrected chi connectivity index (χ0v) is 10.2. The van der Waals surface area contributed by atoms with Gasteiger partial charge in [-0.2, -0.15) is 0 Å². The summed E-state index contributed by atoms with van der Waals surface area (Å²) in [5.74, 6) is -0.701. The second kappa shape index (κ2) is 3.84. The molecule has 2 atom stereocenters. The highest BCUT2D eigenvalue weighted by molar-refractivity contribution is 5.76. The molecule has 0 radical (unpaired) electrons. The Hall–Kier alpha value is -1.05. The number of hydrogen-bond acceptors (Lipinski definition) is 1. The van der Waals surface area contributed by atoms with E-state index in [1.807, 2.05) is 26.0 Å². The molecule has 0 aromatic carbocycles. The summed E-state index contributed by atoms with van der Waals surface area (Å²) in [6, 6.07) is 0. The van der Waals surface area contributed by atoms with Crippen LogP contribution in [0, 0.1) is 17.3 Å². The average molecular weight is 208 g/mol.